The smallest absolute Gasteiger partial charge is 0.356 e. The Hall–Kier alpha value is -0.980. The monoisotopic (exact) mass is 324 g/mol. The molecular formula is C11H12BrF3N2O. The average molecular weight is 325 g/mol. The topological polar surface area (TPSA) is 36.1 Å². The zero-order chi connectivity index (χ0) is 13.3. The van der Waals surface area contributed by atoms with Crippen molar-refractivity contribution in [3.05, 3.63) is 22.4 Å². The summed E-state index contributed by atoms with van der Waals surface area (Å²) in [5.74, 6) is -1.53. The first-order valence-corrected chi connectivity index (χ1v) is 6.37. The maximum absolute atomic E-state index is 12.5. The fourth-order valence-corrected chi connectivity index (χ4v) is 2.42. The van der Waals surface area contributed by atoms with Crippen LogP contribution in [0, 0.1) is 5.92 Å². The van der Waals surface area contributed by atoms with Crippen molar-refractivity contribution in [1.82, 2.24) is 9.88 Å². The summed E-state index contributed by atoms with van der Waals surface area (Å²) < 4.78 is 38.2. The van der Waals surface area contributed by atoms with Crippen molar-refractivity contribution >= 4 is 21.8 Å². The lowest BCUT2D eigenvalue weighted by Gasteiger charge is -2.32. The van der Waals surface area contributed by atoms with Crippen molar-refractivity contribution < 1.29 is 18.0 Å². The molecule has 18 heavy (non-hydrogen) atoms. The number of rotatable bonds is 1. The van der Waals surface area contributed by atoms with Gasteiger partial charge < -0.3 is 9.88 Å². The van der Waals surface area contributed by atoms with E-state index in [4.69, 9.17) is 0 Å². The fourth-order valence-electron chi connectivity index (χ4n) is 2.07. The Balaban J connectivity index is 1.96. The molecule has 7 heteroatoms. The summed E-state index contributed by atoms with van der Waals surface area (Å²) in [6, 6.07) is 1.62. The van der Waals surface area contributed by atoms with Gasteiger partial charge >= 0.3 is 6.18 Å². The van der Waals surface area contributed by atoms with Crippen LogP contribution in [0.25, 0.3) is 0 Å². The van der Waals surface area contributed by atoms with E-state index < -0.39 is 12.1 Å². The molecule has 1 amide bonds. The van der Waals surface area contributed by atoms with E-state index in [1.54, 1.807) is 12.3 Å². The number of piperidine rings is 1. The van der Waals surface area contributed by atoms with Gasteiger partial charge in [-0.2, -0.15) is 13.2 Å². The highest BCUT2D eigenvalue weighted by Gasteiger charge is 2.41. The molecule has 0 unspecified atom stereocenters. The number of hydrogen-bond donors (Lipinski definition) is 1. The number of hydrogen-bond acceptors (Lipinski definition) is 1. The molecule has 0 aromatic carbocycles. The van der Waals surface area contributed by atoms with Crippen molar-refractivity contribution in [2.75, 3.05) is 13.1 Å². The van der Waals surface area contributed by atoms with Gasteiger partial charge in [-0.1, -0.05) is 0 Å². The molecule has 0 spiro atoms. The second-order valence-electron chi connectivity index (χ2n) is 4.34. The van der Waals surface area contributed by atoms with Gasteiger partial charge in [0.25, 0.3) is 5.91 Å². The molecule has 1 aliphatic heterocycles. The third-order valence-corrected chi connectivity index (χ3v) is 3.58. The summed E-state index contributed by atoms with van der Waals surface area (Å²) in [7, 11) is 0. The number of aromatic nitrogens is 1. The van der Waals surface area contributed by atoms with E-state index in [1.165, 1.54) is 4.90 Å². The van der Waals surface area contributed by atoms with Gasteiger partial charge in [0.1, 0.15) is 5.69 Å². The Morgan fingerprint density at radius 3 is 2.44 bits per heavy atom. The van der Waals surface area contributed by atoms with Crippen molar-refractivity contribution in [3.8, 4) is 0 Å². The first-order chi connectivity index (χ1) is 8.38. The summed E-state index contributed by atoms with van der Waals surface area (Å²) in [6.45, 7) is 0.305. The van der Waals surface area contributed by atoms with Gasteiger partial charge in [0.05, 0.1) is 5.92 Å². The van der Waals surface area contributed by atoms with E-state index in [0.29, 0.717) is 5.69 Å². The number of halogens is 4. The third kappa shape index (κ3) is 2.88. The van der Waals surface area contributed by atoms with Crippen molar-refractivity contribution in [1.29, 1.82) is 0 Å². The van der Waals surface area contributed by atoms with Crippen LogP contribution < -0.4 is 0 Å². The minimum atomic E-state index is -4.15. The number of H-pyrrole nitrogens is 1. The molecule has 0 saturated carbocycles. The van der Waals surface area contributed by atoms with Gasteiger partial charge in [-0.25, -0.2) is 0 Å². The molecule has 0 atom stereocenters. The van der Waals surface area contributed by atoms with Gasteiger partial charge in [0, 0.05) is 23.8 Å². The Kier molecular flexibility index (Phi) is 3.70. The lowest BCUT2D eigenvalue weighted by molar-refractivity contribution is -0.183. The quantitative estimate of drug-likeness (QED) is 0.846. The number of nitrogens with zero attached hydrogens (tertiary/aromatic N) is 1. The maximum Gasteiger partial charge on any atom is 0.391 e. The number of likely N-dealkylation sites (tertiary alicyclic amines) is 1. The normalized spacial score (nSPS) is 18.1. The van der Waals surface area contributed by atoms with Gasteiger partial charge in [-0.15, -0.1) is 0 Å². The third-order valence-electron chi connectivity index (χ3n) is 3.12. The van der Waals surface area contributed by atoms with Crippen molar-refractivity contribution in [2.24, 2.45) is 5.92 Å². The van der Waals surface area contributed by atoms with E-state index >= 15 is 0 Å². The zero-order valence-electron chi connectivity index (χ0n) is 9.43. The molecule has 2 heterocycles. The van der Waals surface area contributed by atoms with Crippen LogP contribution >= 0.6 is 15.9 Å². The number of alkyl halides is 3. The molecule has 0 aliphatic carbocycles. The van der Waals surface area contributed by atoms with Gasteiger partial charge in [0.15, 0.2) is 0 Å². The predicted molar refractivity (Wildman–Crippen MR) is 63.2 cm³/mol. The first kappa shape index (κ1) is 13.5. The van der Waals surface area contributed by atoms with E-state index in [9.17, 15) is 18.0 Å². The van der Waals surface area contributed by atoms with Crippen molar-refractivity contribution in [2.45, 2.75) is 19.0 Å². The summed E-state index contributed by atoms with van der Waals surface area (Å²) >= 11 is 3.21. The molecule has 1 aromatic heterocycles. The molecule has 1 aliphatic rings. The van der Waals surface area contributed by atoms with Gasteiger partial charge in [0.2, 0.25) is 0 Å². The Labute approximate surface area is 110 Å². The highest BCUT2D eigenvalue weighted by Crippen LogP contribution is 2.34. The van der Waals surface area contributed by atoms with E-state index in [0.717, 1.165) is 4.47 Å². The average Bonchev–Trinajstić information content (AvgIpc) is 2.74. The molecular weight excluding hydrogens is 313 g/mol. The zero-order valence-corrected chi connectivity index (χ0v) is 11.0. The van der Waals surface area contributed by atoms with Crippen LogP contribution in [0.1, 0.15) is 23.3 Å². The van der Waals surface area contributed by atoms with Crippen LogP contribution in [0.15, 0.2) is 16.7 Å². The number of carbonyl (C=O) groups is 1. The molecule has 1 aromatic rings. The van der Waals surface area contributed by atoms with Crippen LogP contribution in [0.5, 0.6) is 0 Å². The maximum atomic E-state index is 12.5. The first-order valence-electron chi connectivity index (χ1n) is 5.58. The van der Waals surface area contributed by atoms with E-state index in [1.807, 2.05) is 0 Å². The van der Waals surface area contributed by atoms with Crippen LogP contribution in [0.4, 0.5) is 13.2 Å². The summed E-state index contributed by atoms with van der Waals surface area (Å²) in [5, 5.41) is 0. The van der Waals surface area contributed by atoms with E-state index in [2.05, 4.69) is 20.9 Å². The number of nitrogens with one attached hydrogen (secondary N) is 1. The molecule has 1 saturated heterocycles. The Bertz CT molecular complexity index is 436. The molecule has 0 radical (unpaired) electrons. The lowest BCUT2D eigenvalue weighted by atomic mass is 9.96. The molecule has 1 fully saturated rings. The van der Waals surface area contributed by atoms with Crippen LogP contribution in [-0.2, 0) is 0 Å². The second kappa shape index (κ2) is 4.95. The van der Waals surface area contributed by atoms with E-state index in [-0.39, 0.29) is 31.8 Å². The SMILES string of the molecule is O=C(c1cc(Br)c[nH]1)N1CCC(C(F)(F)F)CC1. The van der Waals surface area contributed by atoms with Crippen LogP contribution in [-0.4, -0.2) is 35.1 Å². The molecule has 100 valence electrons. The Morgan fingerprint density at radius 1 is 1.39 bits per heavy atom. The largest absolute Gasteiger partial charge is 0.391 e. The highest BCUT2D eigenvalue weighted by atomic mass is 79.9. The lowest BCUT2D eigenvalue weighted by Crippen LogP contribution is -2.42. The number of carbonyl (C=O) groups excluding carboxylic acids is 1. The van der Waals surface area contributed by atoms with Crippen LogP contribution in [0.3, 0.4) is 0 Å². The summed E-state index contributed by atoms with van der Waals surface area (Å²) in [4.78, 5) is 16.2. The highest BCUT2D eigenvalue weighted by molar-refractivity contribution is 9.10. The second-order valence-corrected chi connectivity index (χ2v) is 5.26. The van der Waals surface area contributed by atoms with Crippen molar-refractivity contribution in [3.63, 3.8) is 0 Å². The fraction of sp³-hybridized carbons (Fsp3) is 0.545. The minimum Gasteiger partial charge on any atom is -0.356 e. The molecule has 0 bridgehead atoms. The van der Waals surface area contributed by atoms with Crippen LogP contribution in [0.2, 0.25) is 0 Å². The summed E-state index contributed by atoms with van der Waals surface area (Å²) in [5.41, 5.74) is 0.396. The Morgan fingerprint density at radius 2 is 2.00 bits per heavy atom. The number of amides is 1. The van der Waals surface area contributed by atoms with Gasteiger partial charge in [-0.3, -0.25) is 4.79 Å². The number of aromatic amines is 1. The summed E-state index contributed by atoms with van der Waals surface area (Å²) in [6.07, 6.45) is -2.56. The van der Waals surface area contributed by atoms with Gasteiger partial charge in [-0.05, 0) is 34.8 Å². The molecule has 2 rings (SSSR count). The predicted octanol–water partition coefficient (Wildman–Crippen LogP) is 3.19. The standard InChI is InChI=1S/C11H12BrF3N2O/c12-8-5-9(16-6-8)10(18)17-3-1-7(2-4-17)11(13,14)15/h5-7,16H,1-4H2. The minimum absolute atomic E-state index is 0.0167. The molecule has 1 N–H and O–H groups in total. The molecule has 3 nitrogen and oxygen atoms in total.